The predicted octanol–water partition coefficient (Wildman–Crippen LogP) is 16.0. The Kier molecular flexibility index (Phi) is 8.46. The molecule has 67 heavy (non-hydrogen) atoms. The van der Waals surface area contributed by atoms with E-state index in [2.05, 4.69) is 228 Å². The molecule has 10 aromatic rings. The maximum Gasteiger partial charge on any atom is 0.337 e. The second-order valence-electron chi connectivity index (χ2n) is 21.5. The number of nitrogens with zero attached hydrogens (tertiary/aromatic N) is 2. The number of benzene rings is 8. The molecule has 0 bridgehead atoms. The highest BCUT2D eigenvalue weighted by atomic mass is 16.4. The average molecular weight is 869 g/mol. The summed E-state index contributed by atoms with van der Waals surface area (Å²) in [6.07, 6.45) is 2.30. The molecule has 2 aromatic heterocycles. The lowest BCUT2D eigenvalue weighted by molar-refractivity contribution is 0.332. The normalized spacial score (nSPS) is 15.7. The first-order valence-electron chi connectivity index (χ1n) is 24.0. The van der Waals surface area contributed by atoms with E-state index in [1.807, 2.05) is 0 Å². The SMILES string of the molecule is CC(C)(C)c1ccc(N2c3cc4oc5ccccc5c4c4c3B(c3c2oc2ccccc32)N(c2ccc3c(c2)C(C)(C)CCC3(C)C)c2cc(-c3ccccc3)ccc2-4)c(-c2ccccc2)c1. The summed E-state index contributed by atoms with van der Waals surface area (Å²) in [7, 11) is 0. The van der Waals surface area contributed by atoms with Gasteiger partial charge >= 0.3 is 6.85 Å². The Balaban J connectivity index is 1.20. The first kappa shape index (κ1) is 40.1. The van der Waals surface area contributed by atoms with Gasteiger partial charge < -0.3 is 13.6 Å². The van der Waals surface area contributed by atoms with Crippen molar-refractivity contribution in [3.63, 3.8) is 0 Å². The lowest BCUT2D eigenvalue weighted by atomic mass is 9.43. The quantitative estimate of drug-likeness (QED) is 0.165. The van der Waals surface area contributed by atoms with E-state index in [9.17, 15) is 0 Å². The highest BCUT2D eigenvalue weighted by Crippen LogP contribution is 2.55. The molecular weight excluding hydrogens is 816 g/mol. The Labute approximate surface area is 393 Å². The van der Waals surface area contributed by atoms with Crippen LogP contribution in [0.25, 0.3) is 66.3 Å². The number of hydrogen-bond acceptors (Lipinski definition) is 4. The zero-order valence-corrected chi connectivity index (χ0v) is 39.4. The molecule has 0 saturated heterocycles. The summed E-state index contributed by atoms with van der Waals surface area (Å²) in [6.45, 7) is 16.3. The molecule has 5 heteroatoms. The highest BCUT2D eigenvalue weighted by molar-refractivity contribution is 6.95. The topological polar surface area (TPSA) is 32.8 Å². The van der Waals surface area contributed by atoms with Gasteiger partial charge in [0.15, 0.2) is 0 Å². The standard InChI is InChI=1S/C62H53BN2O2/c1-60(2,3)41-27-31-49(46(35-41)39-20-12-9-13-21-39)64-51-37-54-55(44-22-14-16-24-52(44)66-54)56-43-29-26-40(38-18-10-8-11-19-38)34-50(43)65(42-28-30-47-48(36-42)62(6,7)33-32-61(47,4)5)63(58(51)56)57-45-23-15-17-25-53(45)67-59(57)64/h8-31,34-37H,32-33H2,1-7H3. The van der Waals surface area contributed by atoms with Crippen molar-refractivity contribution >= 4 is 79.3 Å². The summed E-state index contributed by atoms with van der Waals surface area (Å²) in [5, 5.41) is 3.37. The molecule has 0 spiro atoms. The summed E-state index contributed by atoms with van der Waals surface area (Å²) >= 11 is 0. The van der Waals surface area contributed by atoms with Gasteiger partial charge in [-0.2, -0.15) is 0 Å². The minimum absolute atomic E-state index is 0.0141. The molecule has 326 valence electrons. The van der Waals surface area contributed by atoms with Crippen molar-refractivity contribution in [3.8, 4) is 33.4 Å². The largest absolute Gasteiger partial charge is 0.456 e. The minimum Gasteiger partial charge on any atom is -0.456 e. The van der Waals surface area contributed by atoms with Crippen LogP contribution >= 0.6 is 0 Å². The van der Waals surface area contributed by atoms with Crippen LogP contribution in [-0.4, -0.2) is 6.85 Å². The van der Waals surface area contributed by atoms with Gasteiger partial charge in [0.05, 0.1) is 11.4 Å². The van der Waals surface area contributed by atoms with Crippen LogP contribution in [0.4, 0.5) is 28.6 Å². The number of furan rings is 2. The van der Waals surface area contributed by atoms with E-state index in [0.29, 0.717) is 0 Å². The molecular formula is C62H53BN2O2. The fourth-order valence-electron chi connectivity index (χ4n) is 11.8. The molecule has 0 unspecified atom stereocenters. The van der Waals surface area contributed by atoms with E-state index in [4.69, 9.17) is 8.83 Å². The molecule has 0 radical (unpaired) electrons. The molecule has 13 rings (SSSR count). The maximum absolute atomic E-state index is 7.35. The van der Waals surface area contributed by atoms with Crippen molar-refractivity contribution in [1.29, 1.82) is 0 Å². The Bertz CT molecular complexity index is 3650. The molecule has 0 atom stereocenters. The van der Waals surface area contributed by atoms with Gasteiger partial charge in [-0.3, -0.25) is 4.90 Å². The van der Waals surface area contributed by atoms with Crippen LogP contribution in [-0.2, 0) is 16.2 Å². The smallest absolute Gasteiger partial charge is 0.337 e. The molecule has 2 aliphatic heterocycles. The van der Waals surface area contributed by atoms with Gasteiger partial charge in [0.25, 0.3) is 0 Å². The van der Waals surface area contributed by atoms with Crippen LogP contribution < -0.4 is 20.6 Å². The third-order valence-corrected chi connectivity index (χ3v) is 15.5. The first-order chi connectivity index (χ1) is 32.4. The van der Waals surface area contributed by atoms with E-state index < -0.39 is 0 Å². The number of hydrogen-bond donors (Lipinski definition) is 0. The molecule has 0 N–H and O–H groups in total. The first-order valence-corrected chi connectivity index (χ1v) is 24.0. The summed E-state index contributed by atoms with van der Waals surface area (Å²) < 4.78 is 14.3. The van der Waals surface area contributed by atoms with Gasteiger partial charge in [-0.1, -0.05) is 170 Å². The van der Waals surface area contributed by atoms with Gasteiger partial charge in [0.1, 0.15) is 16.7 Å². The van der Waals surface area contributed by atoms with Crippen LogP contribution in [0.1, 0.15) is 78.0 Å². The third-order valence-electron chi connectivity index (χ3n) is 15.5. The van der Waals surface area contributed by atoms with Crippen molar-refractivity contribution in [2.24, 2.45) is 0 Å². The van der Waals surface area contributed by atoms with E-state index in [1.165, 1.54) is 55.8 Å². The number of anilines is 5. The average Bonchev–Trinajstić information content (AvgIpc) is 3.91. The van der Waals surface area contributed by atoms with Crippen molar-refractivity contribution < 1.29 is 8.83 Å². The van der Waals surface area contributed by atoms with E-state index in [1.54, 1.807) is 0 Å². The van der Waals surface area contributed by atoms with Crippen molar-refractivity contribution in [2.75, 3.05) is 9.71 Å². The van der Waals surface area contributed by atoms with E-state index in [-0.39, 0.29) is 23.1 Å². The Hall–Kier alpha value is -7.24. The molecule has 3 aliphatic rings. The lowest BCUT2D eigenvalue weighted by Crippen LogP contribution is -2.61. The van der Waals surface area contributed by atoms with Crippen LogP contribution in [0.15, 0.2) is 179 Å². The van der Waals surface area contributed by atoms with Gasteiger partial charge in [-0.25, -0.2) is 0 Å². The maximum atomic E-state index is 7.35. The molecule has 0 fully saturated rings. The van der Waals surface area contributed by atoms with Crippen LogP contribution in [0.3, 0.4) is 0 Å². The molecule has 1 aliphatic carbocycles. The van der Waals surface area contributed by atoms with E-state index >= 15 is 0 Å². The second-order valence-corrected chi connectivity index (χ2v) is 21.5. The zero-order valence-electron chi connectivity index (χ0n) is 39.4. The molecule has 0 amide bonds. The van der Waals surface area contributed by atoms with Gasteiger partial charge in [0.2, 0.25) is 5.88 Å². The van der Waals surface area contributed by atoms with Gasteiger partial charge in [-0.15, -0.1) is 0 Å². The van der Waals surface area contributed by atoms with Crippen molar-refractivity contribution in [1.82, 2.24) is 0 Å². The highest BCUT2D eigenvalue weighted by Gasteiger charge is 2.50. The van der Waals surface area contributed by atoms with Crippen LogP contribution in [0.2, 0.25) is 0 Å². The Morgan fingerprint density at radius 3 is 1.88 bits per heavy atom. The summed E-state index contributed by atoms with van der Waals surface area (Å²) in [4.78, 5) is 5.09. The lowest BCUT2D eigenvalue weighted by Gasteiger charge is -2.46. The summed E-state index contributed by atoms with van der Waals surface area (Å²) in [5.74, 6) is 0.827. The third kappa shape index (κ3) is 5.93. The van der Waals surface area contributed by atoms with Gasteiger partial charge in [0, 0.05) is 50.2 Å². The summed E-state index contributed by atoms with van der Waals surface area (Å²) in [6, 6.07) is 62.8. The molecule has 4 heterocycles. The van der Waals surface area contributed by atoms with E-state index in [0.717, 1.165) is 79.6 Å². The fourth-order valence-corrected chi connectivity index (χ4v) is 11.8. The van der Waals surface area contributed by atoms with Crippen molar-refractivity contribution in [3.05, 3.63) is 187 Å². The second kappa shape index (κ2) is 14.1. The van der Waals surface area contributed by atoms with Crippen molar-refractivity contribution in [2.45, 2.75) is 77.6 Å². The minimum atomic E-state index is -0.261. The Morgan fingerprint density at radius 1 is 0.493 bits per heavy atom. The molecule has 8 aromatic carbocycles. The van der Waals surface area contributed by atoms with Gasteiger partial charge in [-0.05, 0) is 116 Å². The number of fused-ring (bicyclic) bond motifs is 11. The number of rotatable bonds is 4. The van der Waals surface area contributed by atoms with Crippen LogP contribution in [0.5, 0.6) is 0 Å². The number of para-hydroxylation sites is 2. The zero-order chi connectivity index (χ0) is 45.6. The molecule has 4 nitrogen and oxygen atoms in total. The predicted molar refractivity (Wildman–Crippen MR) is 282 cm³/mol. The fraction of sp³-hybridized carbons (Fsp3) is 0.194. The summed E-state index contributed by atoms with van der Waals surface area (Å²) in [5.41, 5.74) is 20.7. The van der Waals surface area contributed by atoms with Crippen LogP contribution in [0, 0.1) is 0 Å². The Morgan fingerprint density at radius 2 is 1.15 bits per heavy atom. The molecule has 0 saturated carbocycles. The monoisotopic (exact) mass is 868 g/mol.